The minimum Gasteiger partial charge on any atom is -0.468 e. The first-order valence-electron chi connectivity index (χ1n) is 10.1. The molecule has 1 amide bonds. The topological polar surface area (TPSA) is 67.5 Å². The second kappa shape index (κ2) is 9.32. The number of amides is 1. The van der Waals surface area contributed by atoms with Crippen molar-refractivity contribution in [1.82, 2.24) is 14.8 Å². The molecule has 3 aromatic rings. The molecule has 30 heavy (non-hydrogen) atoms. The van der Waals surface area contributed by atoms with E-state index in [0.29, 0.717) is 23.7 Å². The number of halogens is 1. The molecule has 6 nitrogen and oxygen atoms in total. The van der Waals surface area contributed by atoms with Crippen molar-refractivity contribution in [2.24, 2.45) is 0 Å². The Morgan fingerprint density at radius 3 is 2.63 bits per heavy atom. The molecule has 3 heterocycles. The maximum absolute atomic E-state index is 12.8. The summed E-state index contributed by atoms with van der Waals surface area (Å²) in [5.74, 6) is 0.625. The first-order chi connectivity index (χ1) is 14.6. The number of likely N-dealkylation sites (tertiary alicyclic amines) is 1. The highest BCUT2D eigenvalue weighted by Crippen LogP contribution is 2.25. The van der Waals surface area contributed by atoms with Gasteiger partial charge >= 0.3 is 0 Å². The number of benzene rings is 1. The molecule has 0 bridgehead atoms. The van der Waals surface area contributed by atoms with Gasteiger partial charge in [-0.05, 0) is 55.8 Å². The summed E-state index contributed by atoms with van der Waals surface area (Å²) in [6.07, 6.45) is 5.54. The minimum absolute atomic E-state index is 0.000445. The monoisotopic (exact) mass is 425 g/mol. The first-order valence-corrected chi connectivity index (χ1v) is 10.5. The fraction of sp³-hybridized carbons (Fsp3) is 0.304. The number of carbonyl (C=O) groups is 1. The van der Waals surface area contributed by atoms with Gasteiger partial charge in [0, 0.05) is 23.8 Å². The normalized spacial score (nSPS) is 15.2. The van der Waals surface area contributed by atoms with Crippen LogP contribution in [-0.4, -0.2) is 35.0 Å². The number of nitrogens with one attached hydrogen (secondary N) is 1. The van der Waals surface area contributed by atoms with Gasteiger partial charge in [0.2, 0.25) is 0 Å². The summed E-state index contributed by atoms with van der Waals surface area (Å²) >= 11 is 6.22. The second-order valence-electron chi connectivity index (χ2n) is 7.46. The summed E-state index contributed by atoms with van der Waals surface area (Å²) in [5.41, 5.74) is 1.07. The largest absolute Gasteiger partial charge is 0.468 e. The van der Waals surface area contributed by atoms with Crippen molar-refractivity contribution in [2.75, 3.05) is 19.6 Å². The van der Waals surface area contributed by atoms with E-state index in [4.69, 9.17) is 16.0 Å². The predicted octanol–water partition coefficient (Wildman–Crippen LogP) is 3.71. The Morgan fingerprint density at radius 1 is 1.10 bits per heavy atom. The smallest absolute Gasteiger partial charge is 0.252 e. The molecule has 0 unspecified atom stereocenters. The fourth-order valence-corrected chi connectivity index (χ4v) is 4.03. The van der Waals surface area contributed by atoms with E-state index < -0.39 is 0 Å². The summed E-state index contributed by atoms with van der Waals surface area (Å²) in [5, 5.41) is 3.59. The van der Waals surface area contributed by atoms with Crippen LogP contribution in [0.1, 0.15) is 40.6 Å². The number of hydrogen-bond acceptors (Lipinski definition) is 4. The van der Waals surface area contributed by atoms with Crippen LogP contribution >= 0.6 is 11.6 Å². The number of furan rings is 1. The molecule has 0 spiro atoms. The van der Waals surface area contributed by atoms with Crippen molar-refractivity contribution in [3.63, 3.8) is 0 Å². The van der Waals surface area contributed by atoms with Crippen LogP contribution in [0, 0.1) is 0 Å². The number of hydrogen-bond donors (Lipinski definition) is 1. The summed E-state index contributed by atoms with van der Waals surface area (Å²) in [6.45, 7) is 2.73. The minimum atomic E-state index is -0.223. The predicted molar refractivity (Wildman–Crippen MR) is 116 cm³/mol. The third-order valence-corrected chi connectivity index (χ3v) is 5.82. The van der Waals surface area contributed by atoms with Crippen LogP contribution in [0.25, 0.3) is 0 Å². The Hall–Kier alpha value is -2.83. The van der Waals surface area contributed by atoms with Crippen LogP contribution in [0.4, 0.5) is 0 Å². The Morgan fingerprint density at radius 2 is 1.90 bits per heavy atom. The van der Waals surface area contributed by atoms with Crippen molar-refractivity contribution < 1.29 is 9.21 Å². The molecule has 156 valence electrons. The molecular weight excluding hydrogens is 402 g/mol. The van der Waals surface area contributed by atoms with Crippen LogP contribution in [0.2, 0.25) is 5.02 Å². The lowest BCUT2D eigenvalue weighted by atomic mass is 10.1. The Bertz CT molecular complexity index is 1060. The maximum atomic E-state index is 12.8. The van der Waals surface area contributed by atoms with Crippen molar-refractivity contribution in [3.8, 4) is 0 Å². The summed E-state index contributed by atoms with van der Waals surface area (Å²) in [6, 6.07) is 14.1. The SMILES string of the molecule is O=C(NC[C@@H](c1ccco1)N1CCCC1)c1ccc(=O)n(Cc2ccccc2Cl)c1. The number of rotatable bonds is 7. The quantitative estimate of drug-likeness (QED) is 0.626. The molecule has 0 saturated carbocycles. The molecule has 2 aromatic heterocycles. The van der Waals surface area contributed by atoms with Gasteiger partial charge in [0.05, 0.1) is 24.4 Å². The van der Waals surface area contributed by atoms with Crippen LogP contribution < -0.4 is 10.9 Å². The molecule has 1 aliphatic rings. The van der Waals surface area contributed by atoms with Gasteiger partial charge in [-0.3, -0.25) is 14.5 Å². The van der Waals surface area contributed by atoms with Crippen LogP contribution in [0.15, 0.2) is 70.2 Å². The van der Waals surface area contributed by atoms with E-state index in [1.165, 1.54) is 10.6 Å². The third-order valence-electron chi connectivity index (χ3n) is 5.45. The van der Waals surface area contributed by atoms with E-state index in [0.717, 1.165) is 37.3 Å². The highest BCUT2D eigenvalue weighted by Gasteiger charge is 2.26. The van der Waals surface area contributed by atoms with E-state index in [9.17, 15) is 9.59 Å². The van der Waals surface area contributed by atoms with Gasteiger partial charge in [-0.15, -0.1) is 0 Å². The van der Waals surface area contributed by atoms with Crippen LogP contribution in [0.5, 0.6) is 0 Å². The van der Waals surface area contributed by atoms with E-state index in [1.54, 1.807) is 24.6 Å². The molecular formula is C23H24ClN3O3. The third kappa shape index (κ3) is 4.66. The van der Waals surface area contributed by atoms with E-state index in [2.05, 4.69) is 10.2 Å². The maximum Gasteiger partial charge on any atom is 0.252 e. The average Bonchev–Trinajstić information content (AvgIpc) is 3.46. The lowest BCUT2D eigenvalue weighted by Crippen LogP contribution is -2.37. The standard InChI is InChI=1S/C23H24ClN3O3/c24-19-7-2-1-6-17(19)15-27-16-18(9-10-22(27)28)23(29)25-14-20(21-8-5-13-30-21)26-11-3-4-12-26/h1-2,5-10,13,16,20H,3-4,11-12,14-15H2,(H,25,29)/t20-/m0/s1. The number of nitrogens with zero attached hydrogens (tertiary/aromatic N) is 2. The van der Waals surface area contributed by atoms with Crippen molar-refractivity contribution >= 4 is 17.5 Å². The Labute approximate surface area is 180 Å². The van der Waals surface area contributed by atoms with Crippen molar-refractivity contribution in [3.05, 3.63) is 93.3 Å². The number of carbonyl (C=O) groups excluding carboxylic acids is 1. The molecule has 0 aliphatic carbocycles. The van der Waals surface area contributed by atoms with Gasteiger partial charge in [0.25, 0.3) is 11.5 Å². The Kier molecular flexibility index (Phi) is 6.35. The molecule has 1 aromatic carbocycles. The highest BCUT2D eigenvalue weighted by atomic mass is 35.5. The van der Waals surface area contributed by atoms with Gasteiger partial charge in [-0.2, -0.15) is 0 Å². The summed E-state index contributed by atoms with van der Waals surface area (Å²) in [7, 11) is 0. The van der Waals surface area contributed by atoms with Gasteiger partial charge in [-0.25, -0.2) is 0 Å². The molecule has 1 N–H and O–H groups in total. The molecule has 0 radical (unpaired) electrons. The second-order valence-corrected chi connectivity index (χ2v) is 7.87. The molecule has 4 rings (SSSR count). The van der Waals surface area contributed by atoms with E-state index in [1.807, 2.05) is 30.3 Å². The van der Waals surface area contributed by atoms with Crippen LogP contribution in [0.3, 0.4) is 0 Å². The van der Waals surface area contributed by atoms with Gasteiger partial charge in [-0.1, -0.05) is 29.8 Å². The number of pyridine rings is 1. The summed E-state index contributed by atoms with van der Waals surface area (Å²) < 4.78 is 7.11. The van der Waals surface area contributed by atoms with Gasteiger partial charge in [0.1, 0.15) is 5.76 Å². The molecule has 1 atom stereocenters. The van der Waals surface area contributed by atoms with E-state index >= 15 is 0 Å². The Balaban J connectivity index is 1.48. The molecule has 1 aliphatic heterocycles. The fourth-order valence-electron chi connectivity index (χ4n) is 3.83. The number of aromatic nitrogens is 1. The molecule has 7 heteroatoms. The molecule has 1 saturated heterocycles. The zero-order valence-corrected chi connectivity index (χ0v) is 17.3. The lowest BCUT2D eigenvalue weighted by molar-refractivity contribution is 0.0933. The highest BCUT2D eigenvalue weighted by molar-refractivity contribution is 6.31. The molecule has 1 fully saturated rings. The van der Waals surface area contributed by atoms with Crippen molar-refractivity contribution in [1.29, 1.82) is 0 Å². The van der Waals surface area contributed by atoms with E-state index in [-0.39, 0.29) is 17.5 Å². The van der Waals surface area contributed by atoms with Gasteiger partial charge < -0.3 is 14.3 Å². The average molecular weight is 426 g/mol. The zero-order chi connectivity index (χ0) is 20.9. The van der Waals surface area contributed by atoms with Gasteiger partial charge in [0.15, 0.2) is 0 Å². The summed E-state index contributed by atoms with van der Waals surface area (Å²) in [4.78, 5) is 27.4. The first kappa shape index (κ1) is 20.4. The lowest BCUT2D eigenvalue weighted by Gasteiger charge is -2.26. The zero-order valence-electron chi connectivity index (χ0n) is 16.6. The van der Waals surface area contributed by atoms with Crippen LogP contribution in [-0.2, 0) is 6.54 Å². The van der Waals surface area contributed by atoms with Crippen molar-refractivity contribution in [2.45, 2.75) is 25.4 Å².